The second-order valence-corrected chi connectivity index (χ2v) is 7.67. The summed E-state index contributed by atoms with van der Waals surface area (Å²) in [6, 6.07) is 23.3. The molecule has 7 heteroatoms. The summed E-state index contributed by atoms with van der Waals surface area (Å²) >= 11 is 0. The first kappa shape index (κ1) is 18.6. The molecule has 0 saturated heterocycles. The van der Waals surface area contributed by atoms with Crippen molar-refractivity contribution < 1.29 is 22.1 Å². The average molecular weight is 405 g/mol. The highest BCUT2D eigenvalue weighted by molar-refractivity contribution is 7.87. The lowest BCUT2D eigenvalue weighted by Gasteiger charge is -2.07. The van der Waals surface area contributed by atoms with Gasteiger partial charge in [-0.15, -0.1) is 0 Å². The number of nitrogens with zero attached hydrogens (tertiary/aromatic N) is 1. The molecule has 0 amide bonds. The summed E-state index contributed by atoms with van der Waals surface area (Å²) in [5, 5.41) is 0. The lowest BCUT2D eigenvalue weighted by molar-refractivity contribution is -0.129. The van der Waals surface area contributed by atoms with E-state index in [9.17, 15) is 13.2 Å². The quantitative estimate of drug-likeness (QED) is 0.366. The fourth-order valence-corrected chi connectivity index (χ4v) is 3.63. The van der Waals surface area contributed by atoms with Crippen LogP contribution in [0.3, 0.4) is 0 Å². The predicted molar refractivity (Wildman–Crippen MR) is 108 cm³/mol. The van der Waals surface area contributed by atoms with Crippen LogP contribution >= 0.6 is 0 Å². The van der Waals surface area contributed by atoms with Crippen LogP contribution in [0.15, 0.2) is 101 Å². The zero-order valence-electron chi connectivity index (χ0n) is 15.1. The maximum Gasteiger partial charge on any atom is 0.363 e. The molecule has 3 aromatic carbocycles. The van der Waals surface area contributed by atoms with E-state index in [0.717, 1.165) is 0 Å². The van der Waals surface area contributed by atoms with Crippen molar-refractivity contribution in [2.24, 2.45) is 4.99 Å². The molecule has 0 bridgehead atoms. The average Bonchev–Trinajstić information content (AvgIpc) is 3.10. The van der Waals surface area contributed by atoms with E-state index in [-0.39, 0.29) is 22.2 Å². The monoisotopic (exact) mass is 405 g/mol. The van der Waals surface area contributed by atoms with Gasteiger partial charge in [-0.1, -0.05) is 48.5 Å². The largest absolute Gasteiger partial charge is 0.402 e. The van der Waals surface area contributed by atoms with Crippen molar-refractivity contribution in [1.29, 1.82) is 0 Å². The molecule has 0 saturated carbocycles. The molecule has 0 N–H and O–H groups in total. The molecule has 6 nitrogen and oxygen atoms in total. The fraction of sp³-hybridized carbons (Fsp3) is 0. The minimum absolute atomic E-state index is 0.0558. The molecular formula is C22H15NO5S. The van der Waals surface area contributed by atoms with Gasteiger partial charge in [0.2, 0.25) is 5.90 Å². The Labute approximate surface area is 167 Å². The van der Waals surface area contributed by atoms with Gasteiger partial charge in [0.15, 0.2) is 5.70 Å². The van der Waals surface area contributed by atoms with E-state index in [1.165, 1.54) is 30.3 Å². The van der Waals surface area contributed by atoms with Gasteiger partial charge in [0.1, 0.15) is 10.6 Å². The van der Waals surface area contributed by atoms with Crippen molar-refractivity contribution in [3.05, 3.63) is 102 Å². The number of aliphatic imine (C=N–C) groups is 1. The lowest BCUT2D eigenvalue weighted by Crippen LogP contribution is -2.09. The molecule has 3 aromatic rings. The standard InChI is InChI=1S/C22H15NO5S/c24-22-20(23-21(27-22)17-9-3-1-4-10-17)15-16-8-7-11-18(14-16)28-29(25,26)19-12-5-2-6-13-19/h1-15H. The van der Waals surface area contributed by atoms with E-state index in [1.54, 1.807) is 42.5 Å². The molecule has 1 heterocycles. The maximum absolute atomic E-state index is 12.4. The van der Waals surface area contributed by atoms with Crippen LogP contribution in [0.1, 0.15) is 11.1 Å². The summed E-state index contributed by atoms with van der Waals surface area (Å²) in [4.78, 5) is 16.4. The predicted octanol–water partition coefficient (Wildman–Crippen LogP) is 3.80. The van der Waals surface area contributed by atoms with E-state index in [2.05, 4.69) is 4.99 Å². The van der Waals surface area contributed by atoms with Crippen LogP contribution in [-0.2, 0) is 19.6 Å². The number of cyclic esters (lactones) is 1. The third kappa shape index (κ3) is 4.25. The summed E-state index contributed by atoms with van der Waals surface area (Å²) < 4.78 is 35.2. The Morgan fingerprint density at radius 1 is 0.862 bits per heavy atom. The minimum Gasteiger partial charge on any atom is -0.402 e. The van der Waals surface area contributed by atoms with Crippen LogP contribution in [0.2, 0.25) is 0 Å². The van der Waals surface area contributed by atoms with Crippen molar-refractivity contribution in [2.75, 3.05) is 0 Å². The van der Waals surface area contributed by atoms with Crippen molar-refractivity contribution >= 4 is 28.1 Å². The van der Waals surface area contributed by atoms with Gasteiger partial charge in [-0.3, -0.25) is 0 Å². The maximum atomic E-state index is 12.4. The third-order valence-corrected chi connectivity index (χ3v) is 5.30. The third-order valence-electron chi connectivity index (χ3n) is 4.04. The van der Waals surface area contributed by atoms with Gasteiger partial charge in [-0.2, -0.15) is 8.42 Å². The van der Waals surface area contributed by atoms with E-state index in [4.69, 9.17) is 8.92 Å². The molecule has 4 rings (SSSR count). The second-order valence-electron chi connectivity index (χ2n) is 6.13. The molecular weight excluding hydrogens is 390 g/mol. The van der Waals surface area contributed by atoms with E-state index in [1.807, 2.05) is 18.2 Å². The first-order valence-corrected chi connectivity index (χ1v) is 10.1. The highest BCUT2D eigenvalue weighted by Crippen LogP contribution is 2.23. The number of ether oxygens (including phenoxy) is 1. The number of rotatable bonds is 5. The van der Waals surface area contributed by atoms with Gasteiger partial charge >= 0.3 is 16.1 Å². The molecule has 0 unspecified atom stereocenters. The van der Waals surface area contributed by atoms with Crippen LogP contribution in [0, 0.1) is 0 Å². The number of benzene rings is 3. The van der Waals surface area contributed by atoms with Gasteiger partial charge in [-0.25, -0.2) is 9.79 Å². The zero-order chi connectivity index (χ0) is 20.3. The SMILES string of the molecule is O=C1OC(c2ccccc2)=NC1=Cc1cccc(OS(=O)(=O)c2ccccc2)c1. The minimum atomic E-state index is -3.95. The van der Waals surface area contributed by atoms with Crippen LogP contribution in [0.5, 0.6) is 5.75 Å². The number of esters is 1. The molecule has 0 spiro atoms. The van der Waals surface area contributed by atoms with E-state index >= 15 is 0 Å². The Morgan fingerprint density at radius 3 is 2.28 bits per heavy atom. The first-order chi connectivity index (χ1) is 14.0. The van der Waals surface area contributed by atoms with Crippen molar-refractivity contribution in [3.8, 4) is 5.75 Å². The van der Waals surface area contributed by atoms with E-state index < -0.39 is 16.1 Å². The molecule has 0 aliphatic carbocycles. The van der Waals surface area contributed by atoms with Crippen molar-refractivity contribution in [1.82, 2.24) is 0 Å². The van der Waals surface area contributed by atoms with Gasteiger partial charge in [-0.05, 0) is 48.0 Å². The Bertz CT molecular complexity index is 1220. The van der Waals surface area contributed by atoms with Crippen LogP contribution in [0.25, 0.3) is 6.08 Å². The van der Waals surface area contributed by atoms with Gasteiger partial charge < -0.3 is 8.92 Å². The molecule has 29 heavy (non-hydrogen) atoms. The van der Waals surface area contributed by atoms with Crippen molar-refractivity contribution in [2.45, 2.75) is 4.90 Å². The normalized spacial score (nSPS) is 15.1. The highest BCUT2D eigenvalue weighted by atomic mass is 32.2. The molecule has 1 aliphatic heterocycles. The van der Waals surface area contributed by atoms with Crippen LogP contribution in [0.4, 0.5) is 0 Å². The smallest absolute Gasteiger partial charge is 0.363 e. The second kappa shape index (κ2) is 7.73. The Morgan fingerprint density at radius 2 is 1.55 bits per heavy atom. The summed E-state index contributed by atoms with van der Waals surface area (Å²) in [5.74, 6) is -0.227. The Hall–Kier alpha value is -3.71. The van der Waals surface area contributed by atoms with Gasteiger partial charge in [0, 0.05) is 5.56 Å². The van der Waals surface area contributed by atoms with Crippen molar-refractivity contribution in [3.63, 3.8) is 0 Å². The van der Waals surface area contributed by atoms with E-state index in [0.29, 0.717) is 11.1 Å². The molecule has 0 aromatic heterocycles. The molecule has 1 aliphatic rings. The van der Waals surface area contributed by atoms with Crippen LogP contribution < -0.4 is 4.18 Å². The number of hydrogen-bond donors (Lipinski definition) is 0. The molecule has 144 valence electrons. The highest BCUT2D eigenvalue weighted by Gasteiger charge is 2.24. The molecule has 0 radical (unpaired) electrons. The number of hydrogen-bond acceptors (Lipinski definition) is 6. The fourth-order valence-electron chi connectivity index (χ4n) is 2.69. The summed E-state index contributed by atoms with van der Waals surface area (Å²) in [6.45, 7) is 0. The number of carbonyl (C=O) groups excluding carboxylic acids is 1. The molecule has 0 fully saturated rings. The summed E-state index contributed by atoms with van der Waals surface area (Å²) in [7, 11) is -3.95. The number of carbonyl (C=O) groups is 1. The topological polar surface area (TPSA) is 82.0 Å². The van der Waals surface area contributed by atoms with Crippen LogP contribution in [-0.4, -0.2) is 20.3 Å². The van der Waals surface area contributed by atoms with Gasteiger partial charge in [0.05, 0.1) is 0 Å². The Balaban J connectivity index is 1.59. The summed E-state index contributed by atoms with van der Waals surface area (Å²) in [6.07, 6.45) is 1.51. The zero-order valence-corrected chi connectivity index (χ0v) is 15.9. The summed E-state index contributed by atoms with van der Waals surface area (Å²) in [5.41, 5.74) is 1.36. The Kier molecular flexibility index (Phi) is 4.97. The lowest BCUT2D eigenvalue weighted by atomic mass is 10.2. The first-order valence-electron chi connectivity index (χ1n) is 8.69. The van der Waals surface area contributed by atoms with Gasteiger partial charge in [0.25, 0.3) is 0 Å². The molecule has 0 atom stereocenters.